The molecule has 0 saturated carbocycles. The molecule has 0 aliphatic carbocycles. The summed E-state index contributed by atoms with van der Waals surface area (Å²) in [5.74, 6) is 0. The molecule has 0 fully saturated rings. The Morgan fingerprint density at radius 3 is 2.08 bits per heavy atom. The molecule has 0 atom stereocenters. The molecule has 0 spiro atoms. The average molecular weight is 175 g/mol. The van der Waals surface area contributed by atoms with Crippen LogP contribution in [0.1, 0.15) is 27.7 Å². The quantitative estimate of drug-likeness (QED) is 0.443. The minimum atomic E-state index is 1.32. The molecule has 0 aromatic rings. The van der Waals surface area contributed by atoms with Crippen molar-refractivity contribution in [3.63, 3.8) is 0 Å². The van der Waals surface area contributed by atoms with E-state index in [4.69, 9.17) is 0 Å². The fourth-order valence-electron chi connectivity index (χ4n) is 0.688. The third kappa shape index (κ3) is 10.8. The molecular formula is C13H19+. The third-order valence-electron chi connectivity index (χ3n) is 1.30. The Morgan fingerprint density at radius 2 is 1.54 bits per heavy atom. The van der Waals surface area contributed by atoms with Crippen molar-refractivity contribution in [2.45, 2.75) is 27.7 Å². The summed E-state index contributed by atoms with van der Waals surface area (Å²) in [4.78, 5) is 0. The lowest BCUT2D eigenvalue weighted by molar-refractivity contribution is 1.38. The van der Waals surface area contributed by atoms with Gasteiger partial charge in [0, 0.05) is 44.1 Å². The lowest BCUT2D eigenvalue weighted by atomic mass is 10.2. The molecule has 0 aliphatic heterocycles. The summed E-state index contributed by atoms with van der Waals surface area (Å²) < 4.78 is 0. The zero-order valence-electron chi connectivity index (χ0n) is 9.04. The van der Waals surface area contributed by atoms with Crippen LogP contribution >= 0.6 is 0 Å². The van der Waals surface area contributed by atoms with Gasteiger partial charge in [-0.15, -0.1) is 0 Å². The molecule has 0 radical (unpaired) electrons. The number of allylic oxidation sites excluding steroid dienone is 8. The van der Waals surface area contributed by atoms with Crippen LogP contribution in [0.2, 0.25) is 0 Å². The van der Waals surface area contributed by atoms with E-state index in [2.05, 4.69) is 39.8 Å². The normalized spacial score (nSPS) is 10.5. The van der Waals surface area contributed by atoms with Gasteiger partial charge >= 0.3 is 0 Å². The highest BCUT2D eigenvalue weighted by atomic mass is 13.8. The maximum Gasteiger partial charge on any atom is 0.0466 e. The number of rotatable bonds is 4. The molecule has 0 amide bonds. The van der Waals surface area contributed by atoms with E-state index in [-0.39, 0.29) is 0 Å². The van der Waals surface area contributed by atoms with Crippen LogP contribution in [-0.4, -0.2) is 0 Å². The van der Waals surface area contributed by atoms with E-state index in [1.165, 1.54) is 11.1 Å². The van der Waals surface area contributed by atoms with Crippen LogP contribution in [0.25, 0.3) is 0 Å². The van der Waals surface area contributed by atoms with E-state index in [1.54, 1.807) is 0 Å². The predicted octanol–water partition coefficient (Wildman–Crippen LogP) is 4.24. The highest BCUT2D eigenvalue weighted by Gasteiger charge is 1.81. The molecule has 0 N–H and O–H groups in total. The molecule has 0 rings (SSSR count). The van der Waals surface area contributed by atoms with Gasteiger partial charge in [0.1, 0.15) is 0 Å². The fourth-order valence-corrected chi connectivity index (χ4v) is 0.688. The Bertz CT molecular complexity index is 229. The molecule has 0 saturated heterocycles. The van der Waals surface area contributed by atoms with Gasteiger partial charge in [0.25, 0.3) is 0 Å². The van der Waals surface area contributed by atoms with Gasteiger partial charge in [-0.25, -0.2) is 0 Å². The van der Waals surface area contributed by atoms with Gasteiger partial charge in [-0.1, -0.05) is 11.6 Å². The van der Waals surface area contributed by atoms with Crippen molar-refractivity contribution in [1.82, 2.24) is 0 Å². The minimum absolute atomic E-state index is 1.32. The summed E-state index contributed by atoms with van der Waals surface area (Å²) in [6.07, 6.45) is 14.4. The number of hydrogen-bond donors (Lipinski definition) is 0. The molecule has 0 heterocycles. The van der Waals surface area contributed by atoms with Crippen LogP contribution in [0, 0.1) is 6.42 Å². The molecule has 0 aliphatic rings. The maximum atomic E-state index is 2.09. The predicted molar refractivity (Wildman–Crippen MR) is 61.4 cm³/mol. The van der Waals surface area contributed by atoms with Gasteiger partial charge in [-0.3, -0.25) is 0 Å². The molecule has 0 aromatic carbocycles. The Morgan fingerprint density at radius 1 is 0.846 bits per heavy atom. The molecule has 0 nitrogen and oxygen atoms in total. The van der Waals surface area contributed by atoms with Gasteiger partial charge in [0.2, 0.25) is 0 Å². The van der Waals surface area contributed by atoms with Crippen molar-refractivity contribution in [2.24, 2.45) is 0 Å². The Hall–Kier alpha value is -1.17. The first kappa shape index (κ1) is 11.8. The molecule has 0 aromatic heterocycles. The smallest absolute Gasteiger partial charge is 0.0466 e. The summed E-state index contributed by atoms with van der Waals surface area (Å²) in [7, 11) is 0. The van der Waals surface area contributed by atoms with Gasteiger partial charge in [0.05, 0.1) is 0 Å². The highest BCUT2D eigenvalue weighted by Crippen LogP contribution is 1.93. The van der Waals surface area contributed by atoms with Crippen LogP contribution in [0.5, 0.6) is 0 Å². The van der Waals surface area contributed by atoms with Gasteiger partial charge in [-0.05, 0) is 26.0 Å². The second kappa shape index (κ2) is 7.48. The first-order valence-electron chi connectivity index (χ1n) is 4.58. The third-order valence-corrected chi connectivity index (χ3v) is 1.30. The summed E-state index contributed by atoms with van der Waals surface area (Å²) in [6, 6.07) is 0. The maximum absolute atomic E-state index is 2.09. The van der Waals surface area contributed by atoms with Crippen LogP contribution in [0.15, 0.2) is 47.6 Å². The second-order valence-electron chi connectivity index (χ2n) is 3.45. The van der Waals surface area contributed by atoms with Crippen molar-refractivity contribution < 1.29 is 0 Å². The number of hydrogen-bond acceptors (Lipinski definition) is 0. The van der Waals surface area contributed by atoms with Crippen LogP contribution in [-0.2, 0) is 0 Å². The van der Waals surface area contributed by atoms with E-state index in [0.717, 1.165) is 0 Å². The van der Waals surface area contributed by atoms with Crippen LogP contribution < -0.4 is 0 Å². The highest BCUT2D eigenvalue weighted by molar-refractivity contribution is 5.19. The zero-order chi connectivity index (χ0) is 10.1. The Kier molecular flexibility index (Phi) is 6.80. The lowest BCUT2D eigenvalue weighted by Gasteiger charge is -1.79. The fraction of sp³-hybridized carbons (Fsp3) is 0.308. The van der Waals surface area contributed by atoms with Crippen molar-refractivity contribution in [3.8, 4) is 0 Å². The van der Waals surface area contributed by atoms with E-state index in [0.29, 0.717) is 0 Å². The van der Waals surface area contributed by atoms with E-state index in [9.17, 15) is 0 Å². The SMILES string of the molecule is CC(C)=C/C=C/C=C/[CH+]C=C(C)C. The molecular weight excluding hydrogens is 156 g/mol. The first-order valence-corrected chi connectivity index (χ1v) is 4.58. The summed E-state index contributed by atoms with van der Waals surface area (Å²) in [6.45, 7) is 8.35. The molecule has 0 bridgehead atoms. The topological polar surface area (TPSA) is 0 Å². The van der Waals surface area contributed by atoms with Crippen molar-refractivity contribution in [1.29, 1.82) is 0 Å². The summed E-state index contributed by atoms with van der Waals surface area (Å²) in [5, 5.41) is 0. The Labute approximate surface area is 82.4 Å². The molecule has 0 heteroatoms. The minimum Gasteiger partial charge on any atom is -0.0764 e. The lowest BCUT2D eigenvalue weighted by Crippen LogP contribution is -1.64. The monoisotopic (exact) mass is 175 g/mol. The average Bonchev–Trinajstić information content (AvgIpc) is 2.01. The largest absolute Gasteiger partial charge is 0.0764 e. The Balaban J connectivity index is 3.70. The first-order chi connectivity index (χ1) is 6.13. The van der Waals surface area contributed by atoms with Gasteiger partial charge < -0.3 is 0 Å². The second-order valence-corrected chi connectivity index (χ2v) is 3.45. The van der Waals surface area contributed by atoms with Crippen LogP contribution in [0.3, 0.4) is 0 Å². The van der Waals surface area contributed by atoms with Crippen molar-refractivity contribution >= 4 is 0 Å². The van der Waals surface area contributed by atoms with Crippen molar-refractivity contribution in [3.05, 3.63) is 54.0 Å². The van der Waals surface area contributed by atoms with E-state index >= 15 is 0 Å². The molecule has 13 heavy (non-hydrogen) atoms. The van der Waals surface area contributed by atoms with Crippen molar-refractivity contribution in [2.75, 3.05) is 0 Å². The van der Waals surface area contributed by atoms with Crippen LogP contribution in [0.4, 0.5) is 0 Å². The van der Waals surface area contributed by atoms with Gasteiger partial charge in [-0.2, -0.15) is 0 Å². The summed E-state index contributed by atoms with van der Waals surface area (Å²) >= 11 is 0. The zero-order valence-corrected chi connectivity index (χ0v) is 9.04. The van der Waals surface area contributed by atoms with E-state index < -0.39 is 0 Å². The summed E-state index contributed by atoms with van der Waals surface area (Å²) in [5.41, 5.74) is 2.64. The standard InChI is InChI=1S/C13H19/c1-12(2)10-8-6-5-7-9-11-13(3)4/h5-11H,1-4H3/q+1/b6-5+,9-7+. The molecule has 0 unspecified atom stereocenters. The van der Waals surface area contributed by atoms with Gasteiger partial charge in [0.15, 0.2) is 0 Å². The molecule has 70 valence electrons. The van der Waals surface area contributed by atoms with E-state index in [1.807, 2.05) is 30.7 Å².